The zero-order valence-corrected chi connectivity index (χ0v) is 14.4. The van der Waals surface area contributed by atoms with Crippen molar-refractivity contribution in [2.45, 2.75) is 13.0 Å². The summed E-state index contributed by atoms with van der Waals surface area (Å²) in [6.07, 6.45) is 4.89. The number of aromatic nitrogens is 2. The molecule has 2 aliphatic rings. The summed E-state index contributed by atoms with van der Waals surface area (Å²) in [6.45, 7) is 5.71. The Morgan fingerprint density at radius 1 is 1.12 bits per heavy atom. The molecule has 1 aromatic heterocycles. The largest absolute Gasteiger partial charge is 0.493 e. The molecule has 4 rings (SSSR count). The van der Waals surface area contributed by atoms with Gasteiger partial charge in [-0.3, -0.25) is 0 Å². The van der Waals surface area contributed by atoms with Crippen molar-refractivity contribution in [3.8, 4) is 5.75 Å². The second kappa shape index (κ2) is 7.80. The van der Waals surface area contributed by atoms with Gasteiger partial charge in [0.25, 0.3) is 0 Å². The maximum absolute atomic E-state index is 5.84. The van der Waals surface area contributed by atoms with Crippen LogP contribution in [0.25, 0.3) is 0 Å². The number of ether oxygens (including phenoxy) is 2. The minimum Gasteiger partial charge on any atom is -0.493 e. The molecule has 1 N–H and O–H groups in total. The lowest BCUT2D eigenvalue weighted by molar-refractivity contribution is 0.122. The average molecular weight is 340 g/mol. The summed E-state index contributed by atoms with van der Waals surface area (Å²) in [6, 6.07) is 8.30. The Morgan fingerprint density at radius 3 is 2.76 bits per heavy atom. The van der Waals surface area contributed by atoms with Crippen molar-refractivity contribution in [1.29, 1.82) is 0 Å². The number of hydrogen-bond acceptors (Lipinski definition) is 6. The van der Waals surface area contributed by atoms with E-state index in [-0.39, 0.29) is 0 Å². The number of benzene rings is 1. The van der Waals surface area contributed by atoms with Crippen LogP contribution >= 0.6 is 0 Å². The number of morpholine rings is 1. The molecule has 1 atom stereocenters. The molecule has 0 amide bonds. The molecule has 0 spiro atoms. The van der Waals surface area contributed by atoms with Gasteiger partial charge in [-0.15, -0.1) is 0 Å². The highest BCUT2D eigenvalue weighted by Crippen LogP contribution is 2.26. The van der Waals surface area contributed by atoms with E-state index >= 15 is 0 Å². The van der Waals surface area contributed by atoms with Gasteiger partial charge in [0.05, 0.1) is 19.8 Å². The van der Waals surface area contributed by atoms with Crippen molar-refractivity contribution in [2.24, 2.45) is 5.92 Å². The fourth-order valence-corrected chi connectivity index (χ4v) is 3.31. The van der Waals surface area contributed by atoms with Gasteiger partial charge in [-0.2, -0.15) is 0 Å². The molecule has 2 aliphatic heterocycles. The third-order valence-corrected chi connectivity index (χ3v) is 4.70. The van der Waals surface area contributed by atoms with Crippen LogP contribution in [0.1, 0.15) is 11.1 Å². The molecule has 6 nitrogen and oxygen atoms in total. The standard InChI is InChI=1S/C19H24N4O2/c1-2-4-18-17(3-1)9-15(14-25-18)10-20-11-16-12-21-19(22-13-16)23-5-7-24-8-6-23/h1-4,12-13,15,20H,5-11,14H2/t15-/m0/s1. The molecule has 0 saturated carbocycles. The molecule has 0 aliphatic carbocycles. The Hall–Kier alpha value is -2.18. The smallest absolute Gasteiger partial charge is 0.225 e. The Kier molecular flexibility index (Phi) is 5.09. The number of para-hydroxylation sites is 1. The van der Waals surface area contributed by atoms with Gasteiger partial charge in [0.15, 0.2) is 0 Å². The SMILES string of the molecule is c1ccc2c(c1)C[C@@H](CNCc1cnc(N3CCOCC3)nc1)CO2. The molecule has 0 unspecified atom stereocenters. The highest BCUT2D eigenvalue weighted by Gasteiger charge is 2.19. The zero-order valence-electron chi connectivity index (χ0n) is 14.4. The van der Waals surface area contributed by atoms with Gasteiger partial charge in [-0.25, -0.2) is 9.97 Å². The molecule has 2 aromatic rings. The average Bonchev–Trinajstić information content (AvgIpc) is 2.69. The first kappa shape index (κ1) is 16.3. The first-order valence-electron chi connectivity index (χ1n) is 8.93. The minimum atomic E-state index is 0.503. The molecule has 0 radical (unpaired) electrons. The van der Waals surface area contributed by atoms with E-state index in [4.69, 9.17) is 9.47 Å². The van der Waals surface area contributed by atoms with Crippen molar-refractivity contribution in [2.75, 3.05) is 44.4 Å². The predicted octanol–water partition coefficient (Wildman–Crippen LogP) is 1.65. The van der Waals surface area contributed by atoms with Crippen LogP contribution in [0, 0.1) is 5.92 Å². The second-order valence-corrected chi connectivity index (χ2v) is 6.61. The highest BCUT2D eigenvalue weighted by atomic mass is 16.5. The van der Waals surface area contributed by atoms with E-state index in [1.54, 1.807) is 0 Å². The summed E-state index contributed by atoms with van der Waals surface area (Å²) in [4.78, 5) is 11.1. The summed E-state index contributed by atoms with van der Waals surface area (Å²) in [5.74, 6) is 2.33. The van der Waals surface area contributed by atoms with E-state index < -0.39 is 0 Å². The second-order valence-electron chi connectivity index (χ2n) is 6.61. The van der Waals surface area contributed by atoms with Gasteiger partial charge in [0.2, 0.25) is 5.95 Å². The van der Waals surface area contributed by atoms with E-state index in [1.165, 1.54) is 5.56 Å². The van der Waals surface area contributed by atoms with Crippen LogP contribution < -0.4 is 15.0 Å². The van der Waals surface area contributed by atoms with Crippen LogP contribution in [-0.2, 0) is 17.7 Å². The normalized spacial score (nSPS) is 20.0. The summed E-state index contributed by atoms with van der Waals surface area (Å²) < 4.78 is 11.2. The number of nitrogens with zero attached hydrogens (tertiary/aromatic N) is 3. The summed E-state index contributed by atoms with van der Waals surface area (Å²) in [7, 11) is 0. The maximum Gasteiger partial charge on any atom is 0.225 e. The Labute approximate surface area is 148 Å². The molecule has 6 heteroatoms. The van der Waals surface area contributed by atoms with Crippen molar-refractivity contribution < 1.29 is 9.47 Å². The van der Waals surface area contributed by atoms with Crippen LogP contribution in [0.4, 0.5) is 5.95 Å². The zero-order chi connectivity index (χ0) is 16.9. The first-order valence-corrected chi connectivity index (χ1v) is 8.93. The van der Waals surface area contributed by atoms with Gasteiger partial charge < -0.3 is 19.7 Å². The lowest BCUT2D eigenvalue weighted by Crippen LogP contribution is -2.37. The van der Waals surface area contributed by atoms with Crippen molar-refractivity contribution in [3.05, 3.63) is 47.8 Å². The molecule has 0 bridgehead atoms. The fourth-order valence-electron chi connectivity index (χ4n) is 3.31. The Morgan fingerprint density at radius 2 is 1.92 bits per heavy atom. The summed E-state index contributed by atoms with van der Waals surface area (Å²) in [5.41, 5.74) is 2.41. The van der Waals surface area contributed by atoms with Crippen LogP contribution in [-0.4, -0.2) is 49.4 Å². The number of rotatable bonds is 5. The van der Waals surface area contributed by atoms with Crippen LogP contribution in [0.5, 0.6) is 5.75 Å². The van der Waals surface area contributed by atoms with Crippen molar-refractivity contribution in [3.63, 3.8) is 0 Å². The summed E-state index contributed by atoms with van der Waals surface area (Å²) in [5, 5.41) is 3.51. The van der Waals surface area contributed by atoms with Crippen molar-refractivity contribution >= 4 is 5.95 Å². The topological polar surface area (TPSA) is 59.5 Å². The van der Waals surface area contributed by atoms with Crippen LogP contribution in [0.15, 0.2) is 36.7 Å². The van der Waals surface area contributed by atoms with Gasteiger partial charge in [-0.1, -0.05) is 18.2 Å². The monoisotopic (exact) mass is 340 g/mol. The maximum atomic E-state index is 5.84. The minimum absolute atomic E-state index is 0.503. The number of fused-ring (bicyclic) bond motifs is 1. The molecular weight excluding hydrogens is 316 g/mol. The molecule has 3 heterocycles. The van der Waals surface area contributed by atoms with Gasteiger partial charge in [0, 0.05) is 50.1 Å². The first-order chi connectivity index (χ1) is 12.4. The number of hydrogen-bond donors (Lipinski definition) is 1. The number of nitrogens with one attached hydrogen (secondary N) is 1. The van der Waals surface area contributed by atoms with E-state index in [1.807, 2.05) is 24.5 Å². The molecule has 1 fully saturated rings. The third-order valence-electron chi connectivity index (χ3n) is 4.70. The van der Waals surface area contributed by atoms with Crippen molar-refractivity contribution in [1.82, 2.24) is 15.3 Å². The van der Waals surface area contributed by atoms with Gasteiger partial charge in [0.1, 0.15) is 5.75 Å². The molecule has 25 heavy (non-hydrogen) atoms. The molecule has 1 saturated heterocycles. The Balaban J connectivity index is 1.25. The van der Waals surface area contributed by atoms with E-state index in [2.05, 4.69) is 32.3 Å². The van der Waals surface area contributed by atoms with E-state index in [9.17, 15) is 0 Å². The molecule has 1 aromatic carbocycles. The fraction of sp³-hybridized carbons (Fsp3) is 0.474. The lowest BCUT2D eigenvalue weighted by Gasteiger charge is -2.26. The quantitative estimate of drug-likeness (QED) is 0.893. The predicted molar refractivity (Wildman–Crippen MR) is 95.9 cm³/mol. The van der Waals surface area contributed by atoms with E-state index in [0.717, 1.165) is 69.7 Å². The Bertz CT molecular complexity index is 686. The number of anilines is 1. The third kappa shape index (κ3) is 4.08. The highest BCUT2D eigenvalue weighted by molar-refractivity contribution is 5.35. The summed E-state index contributed by atoms with van der Waals surface area (Å²) >= 11 is 0. The molecule has 132 valence electrons. The van der Waals surface area contributed by atoms with E-state index in [0.29, 0.717) is 5.92 Å². The van der Waals surface area contributed by atoms with Crippen LogP contribution in [0.2, 0.25) is 0 Å². The van der Waals surface area contributed by atoms with Crippen LogP contribution in [0.3, 0.4) is 0 Å². The lowest BCUT2D eigenvalue weighted by atomic mass is 9.97. The van der Waals surface area contributed by atoms with Gasteiger partial charge in [-0.05, 0) is 18.1 Å². The molecular formula is C19H24N4O2. The van der Waals surface area contributed by atoms with Gasteiger partial charge >= 0.3 is 0 Å².